The molecule has 206 valence electrons. The number of anilines is 1. The fourth-order valence-corrected chi connectivity index (χ4v) is 5.90. The van der Waals surface area contributed by atoms with Crippen LogP contribution in [0.3, 0.4) is 0 Å². The first-order valence-electron chi connectivity index (χ1n) is 13.9. The predicted octanol–water partition coefficient (Wildman–Crippen LogP) is 6.11. The molecular weight excluding hydrogens is 530 g/mol. The van der Waals surface area contributed by atoms with Crippen LogP contribution in [-0.2, 0) is 12.8 Å². The van der Waals surface area contributed by atoms with Crippen LogP contribution in [0.5, 0.6) is 0 Å². The lowest BCUT2D eigenvalue weighted by molar-refractivity contribution is 0.208. The van der Waals surface area contributed by atoms with Gasteiger partial charge in [-0.25, -0.2) is 28.7 Å². The second kappa shape index (κ2) is 11.9. The van der Waals surface area contributed by atoms with E-state index in [-0.39, 0.29) is 16.4 Å². The van der Waals surface area contributed by atoms with Crippen molar-refractivity contribution in [2.45, 2.75) is 44.6 Å². The van der Waals surface area contributed by atoms with Gasteiger partial charge in [-0.2, -0.15) is 0 Å². The maximum Gasteiger partial charge on any atom is 0.162 e. The fourth-order valence-electron chi connectivity index (χ4n) is 5.73. The van der Waals surface area contributed by atoms with Crippen LogP contribution >= 0.6 is 11.6 Å². The molecule has 6 rings (SSSR count). The van der Waals surface area contributed by atoms with Gasteiger partial charge in [0.1, 0.15) is 17.5 Å². The zero-order chi connectivity index (χ0) is 27.5. The van der Waals surface area contributed by atoms with Crippen molar-refractivity contribution in [1.29, 1.82) is 0 Å². The maximum atomic E-state index is 14.3. The first-order valence-corrected chi connectivity index (χ1v) is 14.3. The molecule has 0 bridgehead atoms. The van der Waals surface area contributed by atoms with Gasteiger partial charge in [0.25, 0.3) is 0 Å². The lowest BCUT2D eigenvalue weighted by Gasteiger charge is -2.37. The Morgan fingerprint density at radius 3 is 2.23 bits per heavy atom. The summed E-state index contributed by atoms with van der Waals surface area (Å²) in [7, 11) is 0. The molecule has 9 heteroatoms. The Bertz CT molecular complexity index is 1470. The molecular formula is C31H31ClF2N6. The van der Waals surface area contributed by atoms with Crippen LogP contribution in [0.25, 0.3) is 11.4 Å². The SMILES string of the molecule is Fc1cc(F)c(-c2nccc(Cc3ccnc(Cc4ccc(N5CCC(N6CCCC6)CC5)cc4)n3)n2)cc1Cl. The number of benzene rings is 2. The zero-order valence-corrected chi connectivity index (χ0v) is 23.0. The van der Waals surface area contributed by atoms with Crippen molar-refractivity contribution in [1.82, 2.24) is 24.8 Å². The van der Waals surface area contributed by atoms with E-state index in [9.17, 15) is 8.78 Å². The van der Waals surface area contributed by atoms with Gasteiger partial charge in [-0.05, 0) is 74.7 Å². The van der Waals surface area contributed by atoms with Crippen molar-refractivity contribution in [2.24, 2.45) is 0 Å². The summed E-state index contributed by atoms with van der Waals surface area (Å²) >= 11 is 5.85. The van der Waals surface area contributed by atoms with Crippen molar-refractivity contribution < 1.29 is 8.78 Å². The van der Waals surface area contributed by atoms with Crippen molar-refractivity contribution in [3.63, 3.8) is 0 Å². The van der Waals surface area contributed by atoms with E-state index in [4.69, 9.17) is 16.6 Å². The highest BCUT2D eigenvalue weighted by Crippen LogP contribution is 2.27. The molecule has 6 nitrogen and oxygen atoms in total. The summed E-state index contributed by atoms with van der Waals surface area (Å²) in [5.74, 6) is -0.713. The number of nitrogens with zero attached hydrogens (tertiary/aromatic N) is 6. The Labute approximate surface area is 238 Å². The molecule has 4 aromatic rings. The van der Waals surface area contributed by atoms with E-state index in [1.165, 1.54) is 50.5 Å². The number of aromatic nitrogens is 4. The topological polar surface area (TPSA) is 58.0 Å². The molecule has 2 aliphatic rings. The van der Waals surface area contributed by atoms with E-state index in [1.54, 1.807) is 18.5 Å². The van der Waals surface area contributed by atoms with Crippen molar-refractivity contribution in [3.05, 3.63) is 100 Å². The molecule has 0 spiro atoms. The quantitative estimate of drug-likeness (QED) is 0.254. The summed E-state index contributed by atoms with van der Waals surface area (Å²) in [6, 6.07) is 15.0. The fraction of sp³-hybridized carbons (Fsp3) is 0.355. The molecule has 0 atom stereocenters. The summed E-state index contributed by atoms with van der Waals surface area (Å²) in [5.41, 5.74) is 3.94. The van der Waals surface area contributed by atoms with Crippen LogP contribution in [0, 0.1) is 11.6 Å². The van der Waals surface area contributed by atoms with Crippen molar-refractivity contribution in [3.8, 4) is 11.4 Å². The molecule has 2 fully saturated rings. The van der Waals surface area contributed by atoms with Gasteiger partial charge in [-0.15, -0.1) is 0 Å². The van der Waals surface area contributed by atoms with Gasteiger partial charge < -0.3 is 9.80 Å². The minimum Gasteiger partial charge on any atom is -0.371 e. The molecule has 4 heterocycles. The molecule has 2 aromatic carbocycles. The highest BCUT2D eigenvalue weighted by atomic mass is 35.5. The molecule has 40 heavy (non-hydrogen) atoms. The van der Waals surface area contributed by atoms with Crippen molar-refractivity contribution >= 4 is 17.3 Å². The standard InChI is InChI=1S/C31H31ClF2N6/c32-27-19-26(28(33)20-29(27)34)31-36-12-8-23(38-31)18-22-7-11-35-30(37-22)17-21-3-5-24(6-4-21)40-15-9-25(10-16-40)39-13-1-2-14-39/h3-8,11-12,19-20,25H,1-2,9-10,13-18H2. The van der Waals surface area contributed by atoms with Crippen LogP contribution in [0.15, 0.2) is 60.9 Å². The van der Waals surface area contributed by atoms with E-state index >= 15 is 0 Å². The molecule has 2 aliphatic heterocycles. The van der Waals surface area contributed by atoms with E-state index in [1.807, 2.05) is 6.07 Å². The second-order valence-electron chi connectivity index (χ2n) is 10.6. The normalized spacial score (nSPS) is 16.5. The minimum absolute atomic E-state index is 0.0519. The summed E-state index contributed by atoms with van der Waals surface area (Å²) in [6.07, 6.45) is 9.53. The Morgan fingerprint density at radius 1 is 0.775 bits per heavy atom. The lowest BCUT2D eigenvalue weighted by atomic mass is 10.0. The minimum atomic E-state index is -0.820. The van der Waals surface area contributed by atoms with Crippen LogP contribution < -0.4 is 4.90 Å². The lowest BCUT2D eigenvalue weighted by Crippen LogP contribution is -2.43. The second-order valence-corrected chi connectivity index (χ2v) is 11.0. The first-order chi connectivity index (χ1) is 19.5. The number of hydrogen-bond donors (Lipinski definition) is 0. The van der Waals surface area contributed by atoms with Gasteiger partial charge in [-0.3, -0.25) is 0 Å². The van der Waals surface area contributed by atoms with E-state index in [2.05, 4.69) is 49.0 Å². The third kappa shape index (κ3) is 6.13. The Balaban J connectivity index is 1.09. The molecule has 2 saturated heterocycles. The molecule has 0 radical (unpaired) electrons. The highest BCUT2D eigenvalue weighted by molar-refractivity contribution is 6.31. The van der Waals surface area contributed by atoms with Gasteiger partial charge >= 0.3 is 0 Å². The van der Waals surface area contributed by atoms with E-state index < -0.39 is 11.6 Å². The average molecular weight is 561 g/mol. The molecule has 0 aliphatic carbocycles. The third-order valence-corrected chi connectivity index (χ3v) is 8.16. The molecule has 0 saturated carbocycles. The van der Waals surface area contributed by atoms with Gasteiger partial charge in [0.2, 0.25) is 0 Å². The highest BCUT2D eigenvalue weighted by Gasteiger charge is 2.26. The number of rotatable bonds is 7. The van der Waals surface area contributed by atoms with Crippen LogP contribution in [0.4, 0.5) is 14.5 Å². The number of likely N-dealkylation sites (tertiary alicyclic amines) is 1. The van der Waals surface area contributed by atoms with E-state index in [0.717, 1.165) is 42.3 Å². The number of hydrogen-bond acceptors (Lipinski definition) is 6. The summed E-state index contributed by atoms with van der Waals surface area (Å²) in [5, 5.41) is -0.180. The van der Waals surface area contributed by atoms with Crippen LogP contribution in [0.1, 0.15) is 48.5 Å². The van der Waals surface area contributed by atoms with Crippen LogP contribution in [-0.4, -0.2) is 57.1 Å². The first kappa shape index (κ1) is 26.7. The number of piperidine rings is 1. The Kier molecular flexibility index (Phi) is 7.98. The van der Waals surface area contributed by atoms with Gasteiger partial charge in [0.05, 0.1) is 22.0 Å². The Morgan fingerprint density at radius 2 is 1.48 bits per heavy atom. The van der Waals surface area contributed by atoms with E-state index in [0.29, 0.717) is 18.5 Å². The summed E-state index contributed by atoms with van der Waals surface area (Å²) in [6.45, 7) is 4.76. The molecule has 0 N–H and O–H groups in total. The summed E-state index contributed by atoms with van der Waals surface area (Å²) in [4.78, 5) is 23.0. The number of halogens is 3. The molecule has 2 aromatic heterocycles. The maximum absolute atomic E-state index is 14.3. The molecule has 0 unspecified atom stereocenters. The van der Waals surface area contributed by atoms with Gasteiger partial charge in [0, 0.05) is 56.1 Å². The van der Waals surface area contributed by atoms with Crippen molar-refractivity contribution in [2.75, 3.05) is 31.1 Å². The largest absolute Gasteiger partial charge is 0.371 e. The van der Waals surface area contributed by atoms with Gasteiger partial charge in [0.15, 0.2) is 5.82 Å². The van der Waals surface area contributed by atoms with Gasteiger partial charge in [-0.1, -0.05) is 23.7 Å². The van der Waals surface area contributed by atoms with Crippen LogP contribution in [0.2, 0.25) is 5.02 Å². The predicted molar refractivity (Wildman–Crippen MR) is 153 cm³/mol. The average Bonchev–Trinajstić information content (AvgIpc) is 3.51. The molecule has 0 amide bonds. The third-order valence-electron chi connectivity index (χ3n) is 7.87. The Hall–Kier alpha value is -3.49. The smallest absolute Gasteiger partial charge is 0.162 e. The zero-order valence-electron chi connectivity index (χ0n) is 22.2. The monoisotopic (exact) mass is 560 g/mol. The summed E-state index contributed by atoms with van der Waals surface area (Å²) < 4.78 is 27.9.